The second kappa shape index (κ2) is 21.3. The fraction of sp³-hybridized carbons (Fsp3) is 0.556. The third-order valence-electron chi connectivity index (χ3n) is 11.0. The molecule has 262 valence electrons. The zero-order chi connectivity index (χ0) is 34.0. The Kier molecular flexibility index (Phi) is 16.8. The third kappa shape index (κ3) is 12.5. The number of allylic oxidation sites excluding steroid dienone is 15. The molecule has 0 spiro atoms. The lowest BCUT2D eigenvalue weighted by atomic mass is 9.79. The molecule has 4 rings (SSSR count). The van der Waals surface area contributed by atoms with Gasteiger partial charge in [0.05, 0.1) is 0 Å². The van der Waals surface area contributed by atoms with E-state index in [0.29, 0.717) is 23.8 Å². The van der Waals surface area contributed by atoms with Gasteiger partial charge in [0.25, 0.3) is 0 Å². The van der Waals surface area contributed by atoms with Gasteiger partial charge in [0.1, 0.15) is 0 Å². The maximum Gasteiger partial charge on any atom is 0.0259 e. The van der Waals surface area contributed by atoms with Gasteiger partial charge in [-0.1, -0.05) is 128 Å². The van der Waals surface area contributed by atoms with E-state index < -0.39 is 0 Å². The normalized spacial score (nSPS) is 25.5. The Morgan fingerprint density at radius 3 is 2.73 bits per heavy atom. The molecular formula is C45H67N3. The molecule has 0 saturated heterocycles. The number of nitrogens with one attached hydrogen (secondary N) is 2. The number of fused-ring (bicyclic) bond motifs is 1. The molecule has 0 fully saturated rings. The molecule has 0 amide bonds. The molecule has 0 bridgehead atoms. The Bertz CT molecular complexity index is 1320. The van der Waals surface area contributed by atoms with E-state index >= 15 is 0 Å². The average molecular weight is 650 g/mol. The Balaban J connectivity index is 1.51. The topological polar surface area (TPSA) is 50.1 Å². The van der Waals surface area contributed by atoms with Gasteiger partial charge in [0.15, 0.2) is 0 Å². The summed E-state index contributed by atoms with van der Waals surface area (Å²) in [5.41, 5.74) is 16.9. The smallest absolute Gasteiger partial charge is 0.0259 e. The molecule has 0 aromatic rings. The minimum Gasteiger partial charge on any atom is -0.402 e. The van der Waals surface area contributed by atoms with Gasteiger partial charge in [-0.15, -0.1) is 0 Å². The molecule has 1 aliphatic heterocycles. The fourth-order valence-electron chi connectivity index (χ4n) is 7.68. The SMILES string of the molecule is CCCCC(CCCC1=CCNC1)/C(C)=C1\C=CCC\C1=C(/CCC/C=C(\N)C/C=C\C=C(\C)CC)CNC1C=CC2C=CC=CC2C1. The van der Waals surface area contributed by atoms with Crippen LogP contribution in [0.5, 0.6) is 0 Å². The van der Waals surface area contributed by atoms with Crippen molar-refractivity contribution in [2.75, 3.05) is 19.6 Å². The number of nitrogens with two attached hydrogens (primary N) is 1. The van der Waals surface area contributed by atoms with E-state index in [0.717, 1.165) is 70.3 Å². The Morgan fingerprint density at radius 1 is 1.06 bits per heavy atom. The van der Waals surface area contributed by atoms with Crippen molar-refractivity contribution in [1.29, 1.82) is 0 Å². The highest BCUT2D eigenvalue weighted by Gasteiger charge is 2.25. The van der Waals surface area contributed by atoms with Gasteiger partial charge in [0.2, 0.25) is 0 Å². The fourth-order valence-corrected chi connectivity index (χ4v) is 7.68. The molecule has 3 aliphatic carbocycles. The zero-order valence-electron chi connectivity index (χ0n) is 30.9. The molecule has 4 unspecified atom stereocenters. The first-order valence-corrected chi connectivity index (χ1v) is 19.5. The Labute approximate surface area is 294 Å². The lowest BCUT2D eigenvalue weighted by Crippen LogP contribution is -2.35. The van der Waals surface area contributed by atoms with Crippen LogP contribution in [0.2, 0.25) is 0 Å². The van der Waals surface area contributed by atoms with Crippen molar-refractivity contribution < 1.29 is 0 Å². The van der Waals surface area contributed by atoms with Gasteiger partial charge in [-0.05, 0) is 107 Å². The van der Waals surface area contributed by atoms with E-state index in [9.17, 15) is 0 Å². The molecule has 4 aliphatic rings. The van der Waals surface area contributed by atoms with Gasteiger partial charge >= 0.3 is 0 Å². The van der Waals surface area contributed by atoms with E-state index in [-0.39, 0.29) is 0 Å². The van der Waals surface area contributed by atoms with Crippen LogP contribution in [0.4, 0.5) is 0 Å². The molecule has 0 aromatic carbocycles. The number of unbranched alkanes of at least 4 members (excludes halogenated alkanes) is 2. The van der Waals surface area contributed by atoms with Crippen molar-refractivity contribution in [3.63, 3.8) is 0 Å². The number of rotatable bonds is 19. The number of hydrogen-bond donors (Lipinski definition) is 3. The van der Waals surface area contributed by atoms with Crippen LogP contribution in [-0.4, -0.2) is 25.7 Å². The van der Waals surface area contributed by atoms with Crippen molar-refractivity contribution in [2.45, 2.75) is 124 Å². The minimum absolute atomic E-state index is 0.426. The van der Waals surface area contributed by atoms with Crippen LogP contribution in [0, 0.1) is 17.8 Å². The lowest BCUT2D eigenvalue weighted by molar-refractivity contribution is 0.418. The first-order valence-electron chi connectivity index (χ1n) is 19.5. The van der Waals surface area contributed by atoms with E-state index in [2.05, 4.69) is 117 Å². The third-order valence-corrected chi connectivity index (χ3v) is 11.0. The van der Waals surface area contributed by atoms with Crippen LogP contribution in [0.1, 0.15) is 118 Å². The van der Waals surface area contributed by atoms with E-state index in [1.807, 2.05) is 0 Å². The second-order valence-corrected chi connectivity index (χ2v) is 14.6. The monoisotopic (exact) mass is 650 g/mol. The van der Waals surface area contributed by atoms with Crippen molar-refractivity contribution in [3.8, 4) is 0 Å². The molecule has 3 nitrogen and oxygen atoms in total. The summed E-state index contributed by atoms with van der Waals surface area (Å²) in [4.78, 5) is 0. The minimum atomic E-state index is 0.426. The molecule has 48 heavy (non-hydrogen) atoms. The van der Waals surface area contributed by atoms with Crippen molar-refractivity contribution >= 4 is 0 Å². The van der Waals surface area contributed by atoms with Gasteiger partial charge in [-0.25, -0.2) is 0 Å². The molecule has 3 heteroatoms. The summed E-state index contributed by atoms with van der Waals surface area (Å²) >= 11 is 0. The second-order valence-electron chi connectivity index (χ2n) is 14.6. The van der Waals surface area contributed by atoms with Crippen molar-refractivity contribution in [1.82, 2.24) is 10.6 Å². The molecular weight excluding hydrogens is 583 g/mol. The van der Waals surface area contributed by atoms with E-state index in [1.54, 1.807) is 27.9 Å². The summed E-state index contributed by atoms with van der Waals surface area (Å²) in [5, 5.41) is 7.50. The standard InChI is InChI=1S/C45H67N3/c1-5-7-19-38(23-16-18-37-30-31-47-33-37)36(4)44-26-14-15-27-45(44)41(22-11-13-25-42(46)24-12-8-17-35(3)6-2)34-48-43-29-28-39-20-9-10-21-40(39)32-43/h8-10,12,14,17,20-21,25-26,28-30,38-40,43,47-48H,5-7,11,13,15-16,18-19,22-24,27,31-34,46H2,1-4H3/b12-8-,35-17-,42-25-,44-36+,45-41-. The predicted octanol–water partition coefficient (Wildman–Crippen LogP) is 11.0. The number of hydrogen-bond acceptors (Lipinski definition) is 3. The molecule has 4 atom stereocenters. The highest BCUT2D eigenvalue weighted by atomic mass is 14.9. The largest absolute Gasteiger partial charge is 0.402 e. The summed E-state index contributed by atoms with van der Waals surface area (Å²) in [5.74, 6) is 1.84. The van der Waals surface area contributed by atoms with Crippen LogP contribution >= 0.6 is 0 Å². The van der Waals surface area contributed by atoms with Gasteiger partial charge < -0.3 is 16.4 Å². The summed E-state index contributed by atoms with van der Waals surface area (Å²) in [6, 6.07) is 0.426. The molecule has 0 saturated carbocycles. The average Bonchev–Trinajstić information content (AvgIpc) is 3.64. The van der Waals surface area contributed by atoms with Crippen molar-refractivity contribution in [2.24, 2.45) is 23.5 Å². The summed E-state index contributed by atoms with van der Waals surface area (Å²) in [6.07, 6.45) is 46.6. The summed E-state index contributed by atoms with van der Waals surface area (Å²) in [7, 11) is 0. The summed E-state index contributed by atoms with van der Waals surface area (Å²) < 4.78 is 0. The maximum atomic E-state index is 6.43. The Hall–Kier alpha value is -2.88. The Morgan fingerprint density at radius 2 is 1.92 bits per heavy atom. The molecule has 4 N–H and O–H groups in total. The highest BCUT2D eigenvalue weighted by molar-refractivity contribution is 5.49. The molecule has 0 aromatic heterocycles. The van der Waals surface area contributed by atoms with Gasteiger partial charge in [-0.2, -0.15) is 0 Å². The van der Waals surface area contributed by atoms with Crippen LogP contribution in [0.25, 0.3) is 0 Å². The van der Waals surface area contributed by atoms with Crippen LogP contribution in [-0.2, 0) is 0 Å². The van der Waals surface area contributed by atoms with E-state index in [4.69, 9.17) is 5.73 Å². The van der Waals surface area contributed by atoms with Crippen LogP contribution in [0.3, 0.4) is 0 Å². The van der Waals surface area contributed by atoms with Crippen molar-refractivity contribution in [3.05, 3.63) is 118 Å². The van der Waals surface area contributed by atoms with Crippen LogP contribution < -0.4 is 16.4 Å². The quantitative estimate of drug-likeness (QED) is 0.0741. The first-order chi connectivity index (χ1) is 23.5. The molecule has 0 radical (unpaired) electrons. The van der Waals surface area contributed by atoms with Gasteiger partial charge in [0, 0.05) is 43.7 Å². The maximum absolute atomic E-state index is 6.43. The predicted molar refractivity (Wildman–Crippen MR) is 211 cm³/mol. The summed E-state index contributed by atoms with van der Waals surface area (Å²) in [6.45, 7) is 12.3. The lowest BCUT2D eigenvalue weighted by Gasteiger charge is -2.31. The zero-order valence-corrected chi connectivity index (χ0v) is 30.9. The van der Waals surface area contributed by atoms with Gasteiger partial charge in [-0.3, -0.25) is 0 Å². The van der Waals surface area contributed by atoms with Crippen LogP contribution in [0.15, 0.2) is 118 Å². The van der Waals surface area contributed by atoms with E-state index in [1.165, 1.54) is 50.5 Å². The first kappa shape index (κ1) is 37.9. The molecule has 1 heterocycles. The highest BCUT2D eigenvalue weighted by Crippen LogP contribution is 2.37.